The van der Waals surface area contributed by atoms with Crippen molar-refractivity contribution in [2.24, 2.45) is 0 Å². The molecule has 0 bridgehead atoms. The first kappa shape index (κ1) is 16.8. The summed E-state index contributed by atoms with van der Waals surface area (Å²) in [7, 11) is 0. The van der Waals surface area contributed by atoms with E-state index in [9.17, 15) is 9.59 Å². The second-order valence-corrected chi connectivity index (χ2v) is 7.99. The molecule has 0 unspecified atom stereocenters. The van der Waals surface area contributed by atoms with Crippen LogP contribution < -0.4 is 16.4 Å². The van der Waals surface area contributed by atoms with Crippen molar-refractivity contribution < 1.29 is 9.21 Å². The number of aromatic nitrogens is 1. The van der Waals surface area contributed by atoms with Crippen LogP contribution in [0, 0.1) is 0 Å². The fraction of sp³-hybridized carbons (Fsp3) is 0.556. The molecule has 1 aromatic carbocycles. The van der Waals surface area contributed by atoms with Gasteiger partial charge in [-0.05, 0) is 52.7 Å². The molecule has 0 saturated carbocycles. The van der Waals surface area contributed by atoms with Crippen LogP contribution in [0.25, 0.3) is 11.1 Å². The highest BCUT2D eigenvalue weighted by atomic mass is 16.4. The lowest BCUT2D eigenvalue weighted by Gasteiger charge is -2.46. The Kier molecular flexibility index (Phi) is 4.03. The van der Waals surface area contributed by atoms with Gasteiger partial charge >= 0.3 is 5.76 Å². The molecule has 1 amide bonds. The zero-order chi connectivity index (χ0) is 17.5. The van der Waals surface area contributed by atoms with E-state index in [-0.39, 0.29) is 29.6 Å². The standard InChI is InChI=1S/C18H25N3O3/c1-17(2)9-12(10-18(3,4)20-17)19-15(22)11-21-13-7-5-6-8-14(13)24-16(21)23/h5-8,12,20H,9-11H2,1-4H3,(H,19,22). The van der Waals surface area contributed by atoms with Crippen LogP contribution in [0.15, 0.2) is 33.5 Å². The number of piperidine rings is 1. The van der Waals surface area contributed by atoms with Crippen molar-refractivity contribution in [3.63, 3.8) is 0 Å². The third-order valence-electron chi connectivity index (χ3n) is 4.43. The molecule has 6 heteroatoms. The molecule has 2 heterocycles. The Bertz CT molecular complexity index is 800. The van der Waals surface area contributed by atoms with Crippen LogP contribution in [-0.2, 0) is 11.3 Å². The molecule has 0 spiro atoms. The average molecular weight is 331 g/mol. The van der Waals surface area contributed by atoms with E-state index >= 15 is 0 Å². The summed E-state index contributed by atoms with van der Waals surface area (Å²) >= 11 is 0. The Hall–Kier alpha value is -2.08. The predicted molar refractivity (Wildman–Crippen MR) is 92.9 cm³/mol. The second kappa shape index (κ2) is 5.77. The molecule has 1 saturated heterocycles. The number of amides is 1. The van der Waals surface area contributed by atoms with Crippen LogP contribution in [0.1, 0.15) is 40.5 Å². The molecule has 130 valence electrons. The van der Waals surface area contributed by atoms with Gasteiger partial charge in [0.2, 0.25) is 5.91 Å². The van der Waals surface area contributed by atoms with E-state index < -0.39 is 5.76 Å². The summed E-state index contributed by atoms with van der Waals surface area (Å²) in [6.07, 6.45) is 1.70. The van der Waals surface area contributed by atoms with E-state index in [0.29, 0.717) is 11.1 Å². The lowest BCUT2D eigenvalue weighted by Crippen LogP contribution is -2.62. The van der Waals surface area contributed by atoms with Gasteiger partial charge in [-0.25, -0.2) is 4.79 Å². The van der Waals surface area contributed by atoms with Gasteiger partial charge in [0.15, 0.2) is 5.58 Å². The van der Waals surface area contributed by atoms with Crippen molar-refractivity contribution in [3.8, 4) is 0 Å². The minimum absolute atomic E-state index is 0.0272. The largest absolute Gasteiger partial charge is 0.420 e. The number of nitrogens with zero attached hydrogens (tertiary/aromatic N) is 1. The number of nitrogens with one attached hydrogen (secondary N) is 2. The van der Waals surface area contributed by atoms with Crippen molar-refractivity contribution in [2.45, 2.75) is 64.2 Å². The number of carbonyl (C=O) groups is 1. The van der Waals surface area contributed by atoms with Crippen LogP contribution >= 0.6 is 0 Å². The molecule has 3 rings (SSSR count). The summed E-state index contributed by atoms with van der Waals surface area (Å²) < 4.78 is 6.55. The third-order valence-corrected chi connectivity index (χ3v) is 4.43. The summed E-state index contributed by atoms with van der Waals surface area (Å²) in [6, 6.07) is 7.21. The van der Waals surface area contributed by atoms with E-state index in [0.717, 1.165) is 12.8 Å². The summed E-state index contributed by atoms with van der Waals surface area (Å²) in [5.41, 5.74) is 1.06. The fourth-order valence-corrected chi connectivity index (χ4v) is 4.00. The molecule has 0 radical (unpaired) electrons. The van der Waals surface area contributed by atoms with Gasteiger partial charge in [0, 0.05) is 17.1 Å². The van der Waals surface area contributed by atoms with Gasteiger partial charge in [-0.2, -0.15) is 0 Å². The SMILES string of the molecule is CC1(C)CC(NC(=O)Cn2c(=O)oc3ccccc32)CC(C)(C)N1. The summed E-state index contributed by atoms with van der Waals surface area (Å²) in [5, 5.41) is 6.67. The molecule has 0 aliphatic carbocycles. The Balaban J connectivity index is 1.73. The monoisotopic (exact) mass is 331 g/mol. The molecule has 6 nitrogen and oxygen atoms in total. The topological polar surface area (TPSA) is 76.3 Å². The zero-order valence-corrected chi connectivity index (χ0v) is 14.7. The highest BCUT2D eigenvalue weighted by molar-refractivity contribution is 5.79. The maximum atomic E-state index is 12.5. The van der Waals surface area contributed by atoms with Gasteiger partial charge in [0.1, 0.15) is 6.54 Å². The lowest BCUT2D eigenvalue weighted by atomic mass is 9.79. The summed E-state index contributed by atoms with van der Waals surface area (Å²) in [5.74, 6) is -0.667. The number of benzene rings is 1. The number of para-hydroxylation sites is 2. The number of fused-ring (bicyclic) bond motifs is 1. The van der Waals surface area contributed by atoms with Gasteiger partial charge in [0.05, 0.1) is 5.52 Å². The number of carbonyl (C=O) groups excluding carboxylic acids is 1. The normalized spacial score (nSPS) is 20.2. The van der Waals surface area contributed by atoms with E-state index in [1.54, 1.807) is 18.2 Å². The molecule has 1 aromatic heterocycles. The zero-order valence-electron chi connectivity index (χ0n) is 14.7. The maximum Gasteiger partial charge on any atom is 0.420 e. The smallest absolute Gasteiger partial charge is 0.408 e. The van der Waals surface area contributed by atoms with Crippen LogP contribution in [0.5, 0.6) is 0 Å². The van der Waals surface area contributed by atoms with E-state index in [1.807, 2.05) is 6.07 Å². The van der Waals surface area contributed by atoms with Crippen LogP contribution in [-0.4, -0.2) is 27.6 Å². The number of oxazole rings is 1. The van der Waals surface area contributed by atoms with Gasteiger partial charge in [-0.15, -0.1) is 0 Å². The number of rotatable bonds is 3. The predicted octanol–water partition coefficient (Wildman–Crippen LogP) is 2.02. The summed E-state index contributed by atoms with van der Waals surface area (Å²) in [6.45, 7) is 8.53. The quantitative estimate of drug-likeness (QED) is 0.902. The van der Waals surface area contributed by atoms with Gasteiger partial charge < -0.3 is 15.1 Å². The molecule has 0 atom stereocenters. The highest BCUT2D eigenvalue weighted by Gasteiger charge is 2.38. The van der Waals surface area contributed by atoms with Gasteiger partial charge in [-0.1, -0.05) is 12.1 Å². The second-order valence-electron chi connectivity index (χ2n) is 7.99. The van der Waals surface area contributed by atoms with Crippen molar-refractivity contribution in [3.05, 3.63) is 34.8 Å². The molecule has 1 aliphatic heterocycles. The molecular formula is C18H25N3O3. The average Bonchev–Trinajstić information content (AvgIpc) is 2.71. The van der Waals surface area contributed by atoms with Crippen LogP contribution in [0.4, 0.5) is 0 Å². The van der Waals surface area contributed by atoms with Gasteiger partial charge in [0.25, 0.3) is 0 Å². The number of hydrogen-bond donors (Lipinski definition) is 2. The molecule has 2 N–H and O–H groups in total. The Morgan fingerprint density at radius 2 is 1.88 bits per heavy atom. The molecular weight excluding hydrogens is 306 g/mol. The molecule has 1 aliphatic rings. The Labute approximate surface area is 141 Å². The molecule has 24 heavy (non-hydrogen) atoms. The van der Waals surface area contributed by atoms with E-state index in [2.05, 4.69) is 38.3 Å². The molecule has 1 fully saturated rings. The fourth-order valence-electron chi connectivity index (χ4n) is 4.00. The van der Waals surface area contributed by atoms with Crippen LogP contribution in [0.2, 0.25) is 0 Å². The first-order valence-corrected chi connectivity index (χ1v) is 8.32. The van der Waals surface area contributed by atoms with Crippen LogP contribution in [0.3, 0.4) is 0 Å². The van der Waals surface area contributed by atoms with Crippen molar-refractivity contribution in [1.29, 1.82) is 0 Å². The van der Waals surface area contributed by atoms with Crippen molar-refractivity contribution in [1.82, 2.24) is 15.2 Å². The first-order valence-electron chi connectivity index (χ1n) is 8.32. The Morgan fingerprint density at radius 1 is 1.25 bits per heavy atom. The lowest BCUT2D eigenvalue weighted by molar-refractivity contribution is -0.122. The third kappa shape index (κ3) is 3.53. The Morgan fingerprint density at radius 3 is 2.54 bits per heavy atom. The molecule has 2 aromatic rings. The maximum absolute atomic E-state index is 12.5. The highest BCUT2D eigenvalue weighted by Crippen LogP contribution is 2.28. The first-order chi connectivity index (χ1) is 11.2. The van der Waals surface area contributed by atoms with E-state index in [4.69, 9.17) is 4.42 Å². The minimum Gasteiger partial charge on any atom is -0.408 e. The number of hydrogen-bond acceptors (Lipinski definition) is 4. The summed E-state index contributed by atoms with van der Waals surface area (Å²) in [4.78, 5) is 24.4. The van der Waals surface area contributed by atoms with Gasteiger partial charge in [-0.3, -0.25) is 9.36 Å². The van der Waals surface area contributed by atoms with Crippen molar-refractivity contribution in [2.75, 3.05) is 0 Å². The van der Waals surface area contributed by atoms with E-state index in [1.165, 1.54) is 4.57 Å². The van der Waals surface area contributed by atoms with Crippen molar-refractivity contribution >= 4 is 17.0 Å². The minimum atomic E-state index is -0.502.